The normalized spacial score (nSPS) is 19.0. The van der Waals surface area contributed by atoms with E-state index in [-0.39, 0.29) is 17.1 Å². The van der Waals surface area contributed by atoms with Gasteiger partial charge < -0.3 is 19.9 Å². The van der Waals surface area contributed by atoms with E-state index in [2.05, 4.69) is 5.32 Å². The molecule has 37 heavy (non-hydrogen) atoms. The minimum Gasteiger partial charge on any atom is -0.508 e. The van der Waals surface area contributed by atoms with Gasteiger partial charge in [0.25, 0.3) is 0 Å². The number of halogens is 2. The van der Waals surface area contributed by atoms with Crippen LogP contribution in [-0.4, -0.2) is 24.3 Å². The molecule has 0 amide bonds. The van der Waals surface area contributed by atoms with Crippen LogP contribution in [0.2, 0.25) is 0 Å². The van der Waals surface area contributed by atoms with Crippen molar-refractivity contribution in [2.24, 2.45) is 0 Å². The fourth-order valence-electron chi connectivity index (χ4n) is 5.57. The minimum atomic E-state index is -0.684. The summed E-state index contributed by atoms with van der Waals surface area (Å²) in [5.74, 6) is -0.260. The van der Waals surface area contributed by atoms with Crippen LogP contribution in [0.4, 0.5) is 8.78 Å². The number of hydrogen-bond donors (Lipinski definition) is 2. The van der Waals surface area contributed by atoms with Gasteiger partial charge in [0.15, 0.2) is 6.10 Å². The predicted octanol–water partition coefficient (Wildman–Crippen LogP) is 7.27. The van der Waals surface area contributed by atoms with E-state index in [1.54, 1.807) is 12.1 Å². The molecule has 0 aromatic heterocycles. The molecule has 1 fully saturated rings. The van der Waals surface area contributed by atoms with Gasteiger partial charge in [-0.25, -0.2) is 8.78 Å². The highest BCUT2D eigenvalue weighted by Gasteiger charge is 2.32. The Hall–Kier alpha value is -3.64. The molecule has 2 N–H and O–H groups in total. The van der Waals surface area contributed by atoms with Gasteiger partial charge in [-0.15, -0.1) is 0 Å². The molecule has 2 heterocycles. The maximum atomic E-state index is 15.0. The molecule has 0 saturated carbocycles. The molecule has 6 rings (SSSR count). The quantitative estimate of drug-likeness (QED) is 0.302. The van der Waals surface area contributed by atoms with Crippen LogP contribution in [0.3, 0.4) is 0 Å². The fourth-order valence-corrected chi connectivity index (χ4v) is 5.57. The smallest absolute Gasteiger partial charge is 0.150 e. The lowest BCUT2D eigenvalue weighted by Gasteiger charge is -2.31. The number of nitrogens with one attached hydrogen (secondary N) is 1. The van der Waals surface area contributed by atoms with E-state index >= 15 is 0 Å². The van der Waals surface area contributed by atoms with Crippen LogP contribution >= 0.6 is 0 Å². The molecule has 2 unspecified atom stereocenters. The number of hydrogen-bond acceptors (Lipinski definition) is 4. The molecular formula is C31H29F2NO3. The number of phenols is 1. The van der Waals surface area contributed by atoms with Crippen LogP contribution in [-0.2, 0) is 0 Å². The van der Waals surface area contributed by atoms with E-state index in [1.807, 2.05) is 42.5 Å². The third-order valence-electron chi connectivity index (χ3n) is 7.42. The van der Waals surface area contributed by atoms with Crippen molar-refractivity contribution < 1.29 is 23.4 Å². The largest absolute Gasteiger partial charge is 0.508 e. The first-order valence-electron chi connectivity index (χ1n) is 12.9. The molecule has 6 heteroatoms. The van der Waals surface area contributed by atoms with Crippen molar-refractivity contribution in [3.63, 3.8) is 0 Å². The zero-order chi connectivity index (χ0) is 25.4. The molecule has 0 spiro atoms. The van der Waals surface area contributed by atoms with Gasteiger partial charge in [0.1, 0.15) is 28.9 Å². The van der Waals surface area contributed by atoms with Gasteiger partial charge in [-0.3, -0.25) is 0 Å². The second-order valence-electron chi connectivity index (χ2n) is 9.90. The summed E-state index contributed by atoms with van der Waals surface area (Å²) < 4.78 is 41.4. The van der Waals surface area contributed by atoms with Gasteiger partial charge in [0.2, 0.25) is 0 Å². The highest BCUT2D eigenvalue weighted by Crippen LogP contribution is 2.49. The molecule has 0 radical (unpaired) electrons. The highest BCUT2D eigenvalue weighted by atomic mass is 19.1. The summed E-state index contributed by atoms with van der Waals surface area (Å²) >= 11 is 0. The topological polar surface area (TPSA) is 50.7 Å². The first-order valence-corrected chi connectivity index (χ1v) is 12.9. The van der Waals surface area contributed by atoms with Crippen LogP contribution in [0.1, 0.15) is 49.3 Å². The fraction of sp³-hybridized carbons (Fsp3) is 0.290. The SMILES string of the molecule is Oc1ccc2c3c(ccc2c1)-c1c(F)cc(F)cc1OC3c1ccc(OCCC2CCCCCN2)cc1. The maximum absolute atomic E-state index is 15.0. The van der Waals surface area contributed by atoms with Crippen molar-refractivity contribution in [1.82, 2.24) is 5.32 Å². The Bertz CT molecular complexity index is 1430. The van der Waals surface area contributed by atoms with Gasteiger partial charge in [-0.2, -0.15) is 0 Å². The molecule has 2 atom stereocenters. The van der Waals surface area contributed by atoms with Crippen molar-refractivity contribution in [3.05, 3.63) is 89.5 Å². The van der Waals surface area contributed by atoms with Crippen LogP contribution in [0.25, 0.3) is 21.9 Å². The first-order chi connectivity index (χ1) is 18.1. The van der Waals surface area contributed by atoms with Crippen molar-refractivity contribution in [2.45, 2.75) is 44.2 Å². The Morgan fingerprint density at radius 2 is 1.81 bits per heavy atom. The predicted molar refractivity (Wildman–Crippen MR) is 140 cm³/mol. The van der Waals surface area contributed by atoms with E-state index < -0.39 is 17.7 Å². The van der Waals surface area contributed by atoms with Gasteiger partial charge >= 0.3 is 0 Å². The molecule has 190 valence electrons. The summed E-state index contributed by atoms with van der Waals surface area (Å²) in [5.41, 5.74) is 2.52. The lowest BCUT2D eigenvalue weighted by molar-refractivity contribution is 0.242. The van der Waals surface area contributed by atoms with E-state index in [1.165, 1.54) is 31.7 Å². The summed E-state index contributed by atoms with van der Waals surface area (Å²) in [6.07, 6.45) is 5.37. The molecule has 4 aromatic rings. The Morgan fingerprint density at radius 3 is 2.68 bits per heavy atom. The lowest BCUT2D eigenvalue weighted by Crippen LogP contribution is -2.29. The zero-order valence-electron chi connectivity index (χ0n) is 20.5. The van der Waals surface area contributed by atoms with Crippen molar-refractivity contribution in [2.75, 3.05) is 13.2 Å². The monoisotopic (exact) mass is 501 g/mol. The van der Waals surface area contributed by atoms with E-state index in [0.29, 0.717) is 18.2 Å². The number of phenolic OH excluding ortho intramolecular Hbond substituents is 1. The number of benzene rings is 4. The molecule has 0 aliphatic carbocycles. The third-order valence-corrected chi connectivity index (χ3v) is 7.42. The van der Waals surface area contributed by atoms with Crippen molar-refractivity contribution in [1.29, 1.82) is 0 Å². The first kappa shape index (κ1) is 23.7. The van der Waals surface area contributed by atoms with Crippen LogP contribution in [0.15, 0.2) is 66.7 Å². The number of fused-ring (bicyclic) bond motifs is 5. The van der Waals surface area contributed by atoms with Gasteiger partial charge in [0, 0.05) is 23.7 Å². The van der Waals surface area contributed by atoms with E-state index in [0.717, 1.165) is 46.7 Å². The summed E-state index contributed by atoms with van der Waals surface area (Å²) in [4.78, 5) is 0. The molecule has 2 aliphatic rings. The Balaban J connectivity index is 1.31. The Kier molecular flexibility index (Phi) is 6.43. The zero-order valence-corrected chi connectivity index (χ0v) is 20.5. The molecule has 4 aromatic carbocycles. The van der Waals surface area contributed by atoms with Crippen LogP contribution < -0.4 is 14.8 Å². The van der Waals surface area contributed by atoms with Crippen molar-refractivity contribution in [3.8, 4) is 28.4 Å². The number of rotatable bonds is 5. The average Bonchev–Trinajstić information content (AvgIpc) is 3.17. The van der Waals surface area contributed by atoms with Crippen molar-refractivity contribution >= 4 is 10.8 Å². The average molecular weight is 502 g/mol. The van der Waals surface area contributed by atoms with E-state index in [9.17, 15) is 13.9 Å². The maximum Gasteiger partial charge on any atom is 0.150 e. The molecule has 1 saturated heterocycles. The number of ether oxygens (including phenoxy) is 2. The lowest BCUT2D eigenvalue weighted by atomic mass is 9.85. The van der Waals surface area contributed by atoms with Gasteiger partial charge in [-0.1, -0.05) is 43.2 Å². The summed E-state index contributed by atoms with van der Waals surface area (Å²) in [6, 6.07) is 19.1. The molecule has 0 bridgehead atoms. The summed E-state index contributed by atoms with van der Waals surface area (Å²) in [5, 5.41) is 15.2. The summed E-state index contributed by atoms with van der Waals surface area (Å²) in [7, 11) is 0. The van der Waals surface area contributed by atoms with Crippen LogP contribution in [0.5, 0.6) is 17.2 Å². The molecule has 4 nitrogen and oxygen atoms in total. The minimum absolute atomic E-state index is 0.148. The second kappa shape index (κ2) is 10.0. The van der Waals surface area contributed by atoms with Gasteiger partial charge in [-0.05, 0) is 72.0 Å². The summed E-state index contributed by atoms with van der Waals surface area (Å²) in [6.45, 7) is 1.72. The Labute approximate surface area is 214 Å². The molecular weight excluding hydrogens is 472 g/mol. The Morgan fingerprint density at radius 1 is 0.946 bits per heavy atom. The third kappa shape index (κ3) is 4.74. The standard InChI is InChI=1S/C31H29F2NO3/c32-21-17-27(33)30-26-11-7-20-16-23(35)8-12-25(20)29(26)31(37-28(30)18-21)19-5-9-24(10-6-19)36-15-13-22-4-2-1-3-14-34-22/h5-12,16-18,22,31,34-35H,1-4,13-15H2. The molecule has 2 aliphatic heterocycles. The van der Waals surface area contributed by atoms with Crippen LogP contribution in [0, 0.1) is 11.6 Å². The number of aromatic hydroxyl groups is 1. The van der Waals surface area contributed by atoms with E-state index in [4.69, 9.17) is 9.47 Å². The van der Waals surface area contributed by atoms with Gasteiger partial charge in [0.05, 0.1) is 12.2 Å². The second-order valence-corrected chi connectivity index (χ2v) is 9.90. The highest BCUT2D eigenvalue weighted by molar-refractivity contribution is 5.95.